The van der Waals surface area contributed by atoms with Gasteiger partial charge < -0.3 is 9.80 Å². The van der Waals surface area contributed by atoms with Crippen LogP contribution in [0.15, 0.2) is 29.2 Å². The van der Waals surface area contributed by atoms with E-state index in [0.29, 0.717) is 25.2 Å². The Bertz CT molecular complexity index is 808. The van der Waals surface area contributed by atoms with Crippen LogP contribution < -0.4 is 0 Å². The Morgan fingerprint density at radius 3 is 2.92 bits per heavy atom. The molecule has 2 atom stereocenters. The van der Waals surface area contributed by atoms with Crippen LogP contribution in [-0.4, -0.2) is 50.7 Å². The van der Waals surface area contributed by atoms with E-state index in [2.05, 4.69) is 9.97 Å². The molecule has 3 fully saturated rings. The largest absolute Gasteiger partial charge is 0.336 e. The number of carbonyl (C=O) groups is 2. The number of thiazole rings is 1. The number of rotatable bonds is 4. The summed E-state index contributed by atoms with van der Waals surface area (Å²) in [6, 6.07) is 3.70. The molecule has 2 bridgehead atoms. The van der Waals surface area contributed by atoms with Crippen molar-refractivity contribution >= 4 is 23.2 Å². The zero-order valence-corrected chi connectivity index (χ0v) is 15.6. The number of aryl methyl sites for hydroxylation is 1. The lowest BCUT2D eigenvalue weighted by atomic mass is 9.94. The second kappa shape index (κ2) is 7.15. The number of carbonyl (C=O) groups excluding carboxylic acids is 2. The van der Waals surface area contributed by atoms with Crippen molar-refractivity contribution in [3.8, 4) is 0 Å². The lowest BCUT2D eigenvalue weighted by Gasteiger charge is -2.35. The van der Waals surface area contributed by atoms with Crippen molar-refractivity contribution in [3.05, 3.63) is 46.2 Å². The van der Waals surface area contributed by atoms with Crippen molar-refractivity contribution in [1.29, 1.82) is 0 Å². The number of aromatic nitrogens is 2. The van der Waals surface area contributed by atoms with E-state index in [-0.39, 0.29) is 23.8 Å². The number of fused-ring (bicyclic) bond motifs is 4. The van der Waals surface area contributed by atoms with Gasteiger partial charge in [0.05, 0.1) is 23.7 Å². The van der Waals surface area contributed by atoms with E-state index in [1.54, 1.807) is 29.1 Å². The molecule has 136 valence electrons. The number of hydrogen-bond donors (Lipinski definition) is 0. The van der Waals surface area contributed by atoms with Crippen LogP contribution in [0.2, 0.25) is 0 Å². The van der Waals surface area contributed by atoms with E-state index in [1.165, 1.54) is 0 Å². The van der Waals surface area contributed by atoms with Gasteiger partial charge in [-0.25, -0.2) is 4.98 Å². The minimum absolute atomic E-state index is 0.00214. The minimum Gasteiger partial charge on any atom is -0.336 e. The van der Waals surface area contributed by atoms with Gasteiger partial charge in [-0.1, -0.05) is 6.92 Å². The fraction of sp³-hybridized carbons (Fsp3) is 0.474. The van der Waals surface area contributed by atoms with Crippen molar-refractivity contribution in [2.45, 2.75) is 38.8 Å². The number of hydrogen-bond acceptors (Lipinski definition) is 5. The highest BCUT2D eigenvalue weighted by atomic mass is 32.1. The highest BCUT2D eigenvalue weighted by Gasteiger charge is 2.42. The van der Waals surface area contributed by atoms with Gasteiger partial charge in [0, 0.05) is 42.0 Å². The molecule has 0 saturated carbocycles. The third kappa shape index (κ3) is 3.23. The van der Waals surface area contributed by atoms with Crippen molar-refractivity contribution in [2.24, 2.45) is 5.92 Å². The molecular formula is C19H22N4O2S. The SMILES string of the molecule is CCc1cc(C(=O)N2CC3CCC(C2)N(Cc2cscn2)C3=O)ccn1. The number of piperidine rings is 1. The van der Waals surface area contributed by atoms with Crippen molar-refractivity contribution < 1.29 is 9.59 Å². The molecule has 0 radical (unpaired) electrons. The van der Waals surface area contributed by atoms with E-state index in [0.717, 1.165) is 30.7 Å². The summed E-state index contributed by atoms with van der Waals surface area (Å²) in [7, 11) is 0. The van der Waals surface area contributed by atoms with Crippen LogP contribution in [0, 0.1) is 5.92 Å². The van der Waals surface area contributed by atoms with E-state index >= 15 is 0 Å². The molecular weight excluding hydrogens is 348 g/mol. The maximum atomic E-state index is 13.0. The molecule has 5 heterocycles. The van der Waals surface area contributed by atoms with Crippen molar-refractivity contribution in [1.82, 2.24) is 19.8 Å². The maximum absolute atomic E-state index is 13.0. The summed E-state index contributed by atoms with van der Waals surface area (Å²) in [6.45, 7) is 3.67. The number of nitrogens with zero attached hydrogens (tertiary/aromatic N) is 4. The molecule has 0 N–H and O–H groups in total. The van der Waals surface area contributed by atoms with Crippen LogP contribution in [0.5, 0.6) is 0 Å². The molecule has 3 saturated heterocycles. The second-order valence-electron chi connectivity index (χ2n) is 6.97. The van der Waals surface area contributed by atoms with Gasteiger partial charge in [0.15, 0.2) is 0 Å². The summed E-state index contributed by atoms with van der Waals surface area (Å²) in [5.41, 5.74) is 4.29. The van der Waals surface area contributed by atoms with Crippen LogP contribution in [-0.2, 0) is 17.8 Å². The molecule has 7 heteroatoms. The molecule has 5 rings (SSSR count). The Balaban J connectivity index is 1.55. The van der Waals surface area contributed by atoms with Gasteiger partial charge >= 0.3 is 0 Å². The monoisotopic (exact) mass is 370 g/mol. The summed E-state index contributed by atoms with van der Waals surface area (Å²) in [5.74, 6) is 0.0552. The average molecular weight is 370 g/mol. The van der Waals surface area contributed by atoms with Gasteiger partial charge in [-0.05, 0) is 31.4 Å². The van der Waals surface area contributed by atoms with E-state index < -0.39 is 0 Å². The highest BCUT2D eigenvalue weighted by Crippen LogP contribution is 2.31. The Morgan fingerprint density at radius 2 is 2.15 bits per heavy atom. The zero-order valence-electron chi connectivity index (χ0n) is 14.8. The van der Waals surface area contributed by atoms with E-state index in [1.807, 2.05) is 28.2 Å². The normalized spacial score (nSPS) is 22.6. The third-order valence-electron chi connectivity index (χ3n) is 5.32. The second-order valence-corrected chi connectivity index (χ2v) is 7.69. The summed E-state index contributed by atoms with van der Waals surface area (Å²) in [6.07, 6.45) is 4.29. The minimum atomic E-state index is -0.108. The Morgan fingerprint density at radius 1 is 1.27 bits per heavy atom. The first-order valence-corrected chi connectivity index (χ1v) is 10.0. The lowest BCUT2D eigenvalue weighted by molar-refractivity contribution is -0.140. The summed E-state index contributed by atoms with van der Waals surface area (Å²) in [5, 5.41) is 1.98. The molecule has 2 unspecified atom stereocenters. The lowest BCUT2D eigenvalue weighted by Crippen LogP contribution is -2.47. The van der Waals surface area contributed by atoms with Crippen LogP contribution >= 0.6 is 11.3 Å². The Hall–Kier alpha value is -2.28. The fourth-order valence-electron chi connectivity index (χ4n) is 3.89. The first kappa shape index (κ1) is 17.1. The van der Waals surface area contributed by atoms with E-state index in [4.69, 9.17) is 0 Å². The molecule has 0 aliphatic carbocycles. The van der Waals surface area contributed by atoms with Crippen molar-refractivity contribution in [3.63, 3.8) is 0 Å². The average Bonchev–Trinajstić information content (AvgIpc) is 3.04. The standard InChI is InChI=1S/C19H22N4O2S/c1-2-15-7-13(5-6-20-15)18(24)22-8-14-3-4-17(10-22)23(19(14)25)9-16-11-26-12-21-16/h5-7,11-12,14,17H,2-4,8-10H2,1H3. The summed E-state index contributed by atoms with van der Waals surface area (Å²) in [4.78, 5) is 38.3. The molecule has 3 aliphatic rings. The van der Waals surface area contributed by atoms with Crippen LogP contribution in [0.4, 0.5) is 0 Å². The van der Waals surface area contributed by atoms with Gasteiger partial charge in [0.2, 0.25) is 5.91 Å². The number of amides is 2. The fourth-order valence-corrected chi connectivity index (χ4v) is 4.44. The summed E-state index contributed by atoms with van der Waals surface area (Å²) >= 11 is 1.54. The smallest absolute Gasteiger partial charge is 0.254 e. The van der Waals surface area contributed by atoms with Crippen LogP contribution in [0.25, 0.3) is 0 Å². The first-order chi connectivity index (χ1) is 12.7. The quantitative estimate of drug-likeness (QED) is 0.829. The number of pyridine rings is 1. The predicted octanol–water partition coefficient (Wildman–Crippen LogP) is 2.36. The van der Waals surface area contributed by atoms with Gasteiger partial charge in [0.25, 0.3) is 5.91 Å². The zero-order chi connectivity index (χ0) is 18.1. The third-order valence-corrected chi connectivity index (χ3v) is 5.96. The van der Waals surface area contributed by atoms with Gasteiger partial charge in [-0.2, -0.15) is 0 Å². The molecule has 2 amide bonds. The van der Waals surface area contributed by atoms with Crippen molar-refractivity contribution in [2.75, 3.05) is 13.1 Å². The highest BCUT2D eigenvalue weighted by molar-refractivity contribution is 7.07. The molecule has 2 aromatic rings. The molecule has 0 spiro atoms. The topological polar surface area (TPSA) is 66.4 Å². The van der Waals surface area contributed by atoms with Gasteiger partial charge in [-0.3, -0.25) is 14.6 Å². The van der Waals surface area contributed by atoms with Gasteiger partial charge in [0.1, 0.15) is 0 Å². The molecule has 3 aliphatic heterocycles. The maximum Gasteiger partial charge on any atom is 0.254 e. The van der Waals surface area contributed by atoms with E-state index in [9.17, 15) is 9.59 Å². The van der Waals surface area contributed by atoms with Crippen LogP contribution in [0.1, 0.15) is 41.5 Å². The first-order valence-electron chi connectivity index (χ1n) is 9.07. The van der Waals surface area contributed by atoms with Gasteiger partial charge in [-0.15, -0.1) is 11.3 Å². The predicted molar refractivity (Wildman–Crippen MR) is 98.7 cm³/mol. The summed E-state index contributed by atoms with van der Waals surface area (Å²) < 4.78 is 0. The Kier molecular flexibility index (Phi) is 4.72. The molecule has 0 aromatic carbocycles. The molecule has 26 heavy (non-hydrogen) atoms. The molecule has 6 nitrogen and oxygen atoms in total. The van der Waals surface area contributed by atoms with Crippen LogP contribution in [0.3, 0.4) is 0 Å². The molecule has 2 aromatic heterocycles. The Labute approximate surface area is 156 Å².